The largest absolute Gasteiger partial charge is 0.330 e. The van der Waals surface area contributed by atoms with E-state index in [-0.39, 0.29) is 12.0 Å². The van der Waals surface area contributed by atoms with Crippen molar-refractivity contribution in [2.24, 2.45) is 11.7 Å². The molecule has 0 spiro atoms. The van der Waals surface area contributed by atoms with Crippen molar-refractivity contribution >= 4 is 19.7 Å². The first-order chi connectivity index (χ1) is 10.4. The highest BCUT2D eigenvalue weighted by atomic mass is 32.2. The molecule has 1 fully saturated rings. The zero-order chi connectivity index (χ0) is 17.6. The van der Waals surface area contributed by atoms with Crippen LogP contribution in [0.3, 0.4) is 0 Å². The van der Waals surface area contributed by atoms with E-state index in [0.29, 0.717) is 18.5 Å². The molecule has 23 heavy (non-hydrogen) atoms. The molecule has 0 amide bonds. The molecule has 1 heterocycles. The van der Waals surface area contributed by atoms with Crippen molar-refractivity contribution in [3.63, 3.8) is 0 Å². The maximum Gasteiger partial charge on any atom is 0.179 e. The topological polar surface area (TPSA) is 97.5 Å². The van der Waals surface area contributed by atoms with Crippen LogP contribution in [0.4, 0.5) is 4.39 Å². The van der Waals surface area contributed by atoms with Crippen molar-refractivity contribution in [2.45, 2.75) is 22.3 Å². The predicted octanol–water partition coefficient (Wildman–Crippen LogP) is 0.584. The summed E-state index contributed by atoms with van der Waals surface area (Å²) in [6.07, 6.45) is 2.35. The fraction of sp³-hybridized carbons (Fsp3) is 0.571. The van der Waals surface area contributed by atoms with Crippen LogP contribution >= 0.6 is 0 Å². The number of nitrogens with two attached hydrogens (primary N) is 1. The van der Waals surface area contributed by atoms with Gasteiger partial charge in [-0.3, -0.25) is 4.90 Å². The molecule has 0 saturated carbocycles. The molecule has 0 radical (unpaired) electrons. The Hall–Kier alpha value is -1.03. The lowest BCUT2D eigenvalue weighted by Crippen LogP contribution is -2.21. The van der Waals surface area contributed by atoms with Crippen LogP contribution in [0.25, 0.3) is 0 Å². The van der Waals surface area contributed by atoms with E-state index in [4.69, 9.17) is 5.73 Å². The van der Waals surface area contributed by atoms with Crippen molar-refractivity contribution in [3.05, 3.63) is 23.5 Å². The third kappa shape index (κ3) is 3.73. The molecule has 0 aromatic heterocycles. The fourth-order valence-corrected chi connectivity index (χ4v) is 5.61. The van der Waals surface area contributed by atoms with Crippen LogP contribution in [-0.2, 0) is 19.7 Å². The minimum Gasteiger partial charge on any atom is -0.330 e. The third-order valence-corrected chi connectivity index (χ3v) is 6.56. The summed E-state index contributed by atoms with van der Waals surface area (Å²) in [6, 6.07) is 2.20. The van der Waals surface area contributed by atoms with E-state index in [9.17, 15) is 21.2 Å². The summed E-state index contributed by atoms with van der Waals surface area (Å²) >= 11 is 0. The number of hydrogen-bond acceptors (Lipinski definition) is 6. The van der Waals surface area contributed by atoms with E-state index in [0.717, 1.165) is 25.1 Å². The van der Waals surface area contributed by atoms with E-state index >= 15 is 0 Å². The van der Waals surface area contributed by atoms with E-state index in [1.54, 1.807) is 0 Å². The van der Waals surface area contributed by atoms with Gasteiger partial charge < -0.3 is 5.73 Å². The molecule has 0 aliphatic carbocycles. The average Bonchev–Trinajstić information content (AvgIpc) is 2.76. The van der Waals surface area contributed by atoms with Gasteiger partial charge in [0.1, 0.15) is 10.7 Å². The van der Waals surface area contributed by atoms with Crippen molar-refractivity contribution in [1.29, 1.82) is 0 Å². The number of hydrogen-bond donors (Lipinski definition) is 1. The molecule has 6 nitrogen and oxygen atoms in total. The second-order valence-corrected chi connectivity index (χ2v) is 10.1. The number of rotatable bonds is 4. The first-order valence-corrected chi connectivity index (χ1v) is 10.9. The van der Waals surface area contributed by atoms with Gasteiger partial charge in [-0.05, 0) is 43.6 Å². The van der Waals surface area contributed by atoms with Crippen molar-refractivity contribution < 1.29 is 21.2 Å². The Morgan fingerprint density at radius 3 is 2.26 bits per heavy atom. The summed E-state index contributed by atoms with van der Waals surface area (Å²) in [5.74, 6) is -0.792. The number of benzene rings is 1. The number of sulfone groups is 2. The van der Waals surface area contributed by atoms with Crippen molar-refractivity contribution in [1.82, 2.24) is 4.90 Å². The van der Waals surface area contributed by atoms with Crippen LogP contribution in [0.5, 0.6) is 0 Å². The van der Waals surface area contributed by atoms with Gasteiger partial charge in [0.25, 0.3) is 0 Å². The highest BCUT2D eigenvalue weighted by Crippen LogP contribution is 2.37. The van der Waals surface area contributed by atoms with Gasteiger partial charge in [0.2, 0.25) is 0 Å². The minimum atomic E-state index is -4.00. The lowest BCUT2D eigenvalue weighted by molar-refractivity contribution is 0.312. The number of likely N-dealkylation sites (tertiary alicyclic amines) is 1. The molecule has 1 aliphatic heterocycles. The quantitative estimate of drug-likeness (QED) is 0.839. The molecule has 2 atom stereocenters. The molecule has 1 saturated heterocycles. The predicted molar refractivity (Wildman–Crippen MR) is 85.2 cm³/mol. The molecule has 1 aromatic rings. The Morgan fingerprint density at radius 1 is 1.22 bits per heavy atom. The Kier molecular flexibility index (Phi) is 4.87. The highest BCUT2D eigenvalue weighted by Gasteiger charge is 2.33. The first kappa shape index (κ1) is 18.3. The molecule has 0 bridgehead atoms. The fourth-order valence-electron chi connectivity index (χ4n) is 3.08. The summed E-state index contributed by atoms with van der Waals surface area (Å²) < 4.78 is 61.9. The van der Waals surface area contributed by atoms with E-state index in [1.807, 2.05) is 11.9 Å². The van der Waals surface area contributed by atoms with Gasteiger partial charge in [-0.2, -0.15) is 0 Å². The van der Waals surface area contributed by atoms with E-state index in [2.05, 4.69) is 0 Å². The Balaban J connectivity index is 2.64. The monoisotopic (exact) mass is 364 g/mol. The summed E-state index contributed by atoms with van der Waals surface area (Å²) in [7, 11) is -6.04. The zero-order valence-electron chi connectivity index (χ0n) is 13.3. The minimum absolute atomic E-state index is 0.188. The second kappa shape index (κ2) is 6.12. The summed E-state index contributed by atoms with van der Waals surface area (Å²) in [6.45, 7) is 1.22. The normalized spacial score (nSPS) is 23.3. The Bertz CT molecular complexity index is 821. The highest BCUT2D eigenvalue weighted by molar-refractivity contribution is 7.93. The Labute approximate surface area is 136 Å². The Morgan fingerprint density at radius 2 is 1.83 bits per heavy atom. The summed E-state index contributed by atoms with van der Waals surface area (Å²) in [4.78, 5) is 0.720. The lowest BCUT2D eigenvalue weighted by atomic mass is 10.00. The van der Waals surface area contributed by atoms with Crippen LogP contribution in [0.1, 0.15) is 18.0 Å². The third-order valence-electron chi connectivity index (χ3n) is 4.16. The van der Waals surface area contributed by atoms with Gasteiger partial charge in [0, 0.05) is 25.1 Å². The van der Waals surface area contributed by atoms with Crippen LogP contribution in [0.15, 0.2) is 21.9 Å². The number of halogens is 1. The lowest BCUT2D eigenvalue weighted by Gasteiger charge is -2.21. The van der Waals surface area contributed by atoms with Crippen LogP contribution in [0, 0.1) is 11.7 Å². The smallest absolute Gasteiger partial charge is 0.179 e. The molecule has 2 unspecified atom stereocenters. The number of nitrogens with zero attached hydrogens (tertiary/aromatic N) is 1. The van der Waals surface area contributed by atoms with Gasteiger partial charge in [-0.1, -0.05) is 0 Å². The maximum atomic E-state index is 14.4. The van der Waals surface area contributed by atoms with Crippen LogP contribution in [0.2, 0.25) is 0 Å². The molecule has 1 aromatic carbocycles. The first-order valence-electron chi connectivity index (χ1n) is 7.09. The second-order valence-electron chi connectivity index (χ2n) is 6.17. The molecule has 130 valence electrons. The maximum absolute atomic E-state index is 14.4. The van der Waals surface area contributed by atoms with Crippen molar-refractivity contribution in [2.75, 3.05) is 32.6 Å². The average molecular weight is 364 g/mol. The standard InChI is InChI=1S/C14H21FN2O4S2/c1-17-8-9(7-16)4-12(17)10-5-11(15)14(23(3,20)21)13(6-10)22(2,18)19/h5-6,9,12H,4,7-8,16H2,1-3H3. The van der Waals surface area contributed by atoms with Crippen LogP contribution < -0.4 is 5.73 Å². The summed E-state index contributed by atoms with van der Waals surface area (Å²) in [5.41, 5.74) is 6.12. The van der Waals surface area contributed by atoms with Gasteiger partial charge >= 0.3 is 0 Å². The van der Waals surface area contributed by atoms with E-state index in [1.165, 1.54) is 6.07 Å². The van der Waals surface area contributed by atoms with Gasteiger partial charge in [-0.15, -0.1) is 0 Å². The van der Waals surface area contributed by atoms with Gasteiger partial charge in [0.05, 0.1) is 4.90 Å². The van der Waals surface area contributed by atoms with Gasteiger partial charge in [0.15, 0.2) is 19.7 Å². The molecular weight excluding hydrogens is 343 g/mol. The SMILES string of the molecule is CN1CC(CN)CC1c1cc(F)c(S(C)(=O)=O)c(S(C)(=O)=O)c1. The summed E-state index contributed by atoms with van der Waals surface area (Å²) in [5, 5.41) is 0. The molecule has 9 heteroatoms. The van der Waals surface area contributed by atoms with E-state index < -0.39 is 35.3 Å². The molecule has 2 rings (SSSR count). The molecular formula is C14H21FN2O4S2. The zero-order valence-corrected chi connectivity index (χ0v) is 14.9. The molecule has 1 aliphatic rings. The van der Waals surface area contributed by atoms with Crippen LogP contribution in [-0.4, -0.2) is 54.4 Å². The molecule has 2 N–H and O–H groups in total. The van der Waals surface area contributed by atoms with Crippen molar-refractivity contribution in [3.8, 4) is 0 Å². The van der Waals surface area contributed by atoms with Gasteiger partial charge in [-0.25, -0.2) is 21.2 Å².